The van der Waals surface area contributed by atoms with Gasteiger partial charge in [-0.15, -0.1) is 0 Å². The van der Waals surface area contributed by atoms with Gasteiger partial charge in [0, 0.05) is 31.9 Å². The van der Waals surface area contributed by atoms with E-state index in [-0.39, 0.29) is 36.5 Å². The van der Waals surface area contributed by atoms with E-state index in [0.29, 0.717) is 13.1 Å². The molecule has 4 fully saturated rings. The molecule has 1 aliphatic carbocycles. The van der Waals surface area contributed by atoms with Gasteiger partial charge in [-0.05, 0) is 43.9 Å². The number of carbonyl (C=O) groups is 5. The van der Waals surface area contributed by atoms with Gasteiger partial charge in [-0.2, -0.15) is 0 Å². The largest absolute Gasteiger partial charge is 0.467 e. The zero-order valence-corrected chi connectivity index (χ0v) is 27.1. The third-order valence-electron chi connectivity index (χ3n) is 10.1. The molecule has 5 rings (SSSR count). The van der Waals surface area contributed by atoms with Crippen LogP contribution in [0.4, 0.5) is 0 Å². The van der Waals surface area contributed by atoms with Gasteiger partial charge in [0.2, 0.25) is 17.7 Å². The Bertz CT molecular complexity index is 1300. The van der Waals surface area contributed by atoms with Gasteiger partial charge in [-0.3, -0.25) is 29.1 Å². The van der Waals surface area contributed by atoms with Crippen LogP contribution in [0.5, 0.6) is 0 Å². The molecule has 1 spiro atoms. The Labute approximate surface area is 264 Å². The van der Waals surface area contributed by atoms with E-state index in [2.05, 4.69) is 25.5 Å². The quantitative estimate of drug-likeness (QED) is 0.409. The summed E-state index contributed by atoms with van der Waals surface area (Å²) in [7, 11) is 1.30. The second-order valence-corrected chi connectivity index (χ2v) is 13.9. The molecular formula is C32H47N7O6. The van der Waals surface area contributed by atoms with E-state index in [0.717, 1.165) is 44.9 Å². The Morgan fingerprint density at radius 2 is 1.80 bits per heavy atom. The topological polar surface area (TPSA) is 154 Å². The van der Waals surface area contributed by atoms with Crippen molar-refractivity contribution in [2.75, 3.05) is 26.7 Å². The maximum Gasteiger partial charge on any atom is 0.328 e. The SMILES string of the molecule is CCN1C(=O)C2CCCN2C12CC(C(=O)OC)N(C(=O)C(NC(=O)[C@@H](NC(=O)c1cnccn1)C1CCCCC1)C(C)(C)C)C2. The first-order valence-electron chi connectivity index (χ1n) is 16.3. The number of nitrogens with zero attached hydrogens (tertiary/aromatic N) is 5. The zero-order chi connectivity index (χ0) is 32.5. The van der Waals surface area contributed by atoms with Crippen molar-refractivity contribution in [3.8, 4) is 0 Å². The second-order valence-electron chi connectivity index (χ2n) is 13.9. The third kappa shape index (κ3) is 6.15. The van der Waals surface area contributed by atoms with E-state index in [1.807, 2.05) is 32.6 Å². The first kappa shape index (κ1) is 32.8. The molecule has 3 saturated heterocycles. The van der Waals surface area contributed by atoms with Crippen molar-refractivity contribution in [3.05, 3.63) is 24.3 Å². The third-order valence-corrected chi connectivity index (χ3v) is 10.1. The number of likely N-dealkylation sites (tertiary alicyclic amines) is 1. The number of hydrogen-bond donors (Lipinski definition) is 2. The summed E-state index contributed by atoms with van der Waals surface area (Å²) in [5, 5.41) is 5.88. The van der Waals surface area contributed by atoms with Crippen LogP contribution >= 0.6 is 0 Å². The average Bonchev–Trinajstić information content (AvgIpc) is 3.73. The summed E-state index contributed by atoms with van der Waals surface area (Å²) in [5.41, 5.74) is -1.46. The van der Waals surface area contributed by atoms with Gasteiger partial charge in [0.1, 0.15) is 29.5 Å². The monoisotopic (exact) mass is 625 g/mol. The Kier molecular flexibility index (Phi) is 9.48. The van der Waals surface area contributed by atoms with Crippen LogP contribution in [0.1, 0.15) is 89.5 Å². The van der Waals surface area contributed by atoms with Crippen molar-refractivity contribution < 1.29 is 28.7 Å². The van der Waals surface area contributed by atoms with Crippen LogP contribution in [0.3, 0.4) is 0 Å². The van der Waals surface area contributed by atoms with Crippen LogP contribution in [0.25, 0.3) is 0 Å². The Morgan fingerprint density at radius 3 is 2.42 bits per heavy atom. The van der Waals surface area contributed by atoms with E-state index in [1.54, 1.807) is 0 Å². The molecule has 2 N–H and O–H groups in total. The summed E-state index contributed by atoms with van der Waals surface area (Å²) in [6.45, 7) is 8.79. The minimum absolute atomic E-state index is 0.0303. The van der Waals surface area contributed by atoms with Crippen LogP contribution in [0, 0.1) is 11.3 Å². The van der Waals surface area contributed by atoms with Gasteiger partial charge >= 0.3 is 5.97 Å². The predicted octanol–water partition coefficient (Wildman–Crippen LogP) is 1.48. The number of hydrogen-bond acceptors (Lipinski definition) is 9. The zero-order valence-electron chi connectivity index (χ0n) is 27.1. The fourth-order valence-corrected chi connectivity index (χ4v) is 7.90. The number of ether oxygens (including phenoxy) is 1. The van der Waals surface area contributed by atoms with Crippen LogP contribution in [0.2, 0.25) is 0 Å². The van der Waals surface area contributed by atoms with E-state index in [1.165, 1.54) is 30.6 Å². The molecule has 45 heavy (non-hydrogen) atoms. The Balaban J connectivity index is 1.43. The lowest BCUT2D eigenvalue weighted by Crippen LogP contribution is -2.62. The molecule has 13 nitrogen and oxygen atoms in total. The van der Waals surface area contributed by atoms with E-state index < -0.39 is 52.9 Å². The number of aromatic nitrogens is 2. The fraction of sp³-hybridized carbons (Fsp3) is 0.719. The van der Waals surface area contributed by atoms with Gasteiger partial charge in [-0.1, -0.05) is 40.0 Å². The van der Waals surface area contributed by atoms with E-state index >= 15 is 0 Å². The second kappa shape index (κ2) is 13.0. The molecule has 4 aliphatic rings. The highest BCUT2D eigenvalue weighted by atomic mass is 16.5. The van der Waals surface area contributed by atoms with Crippen LogP contribution in [-0.4, -0.2) is 111 Å². The Morgan fingerprint density at radius 1 is 1.07 bits per heavy atom. The molecule has 4 amide bonds. The van der Waals surface area contributed by atoms with E-state index in [9.17, 15) is 24.0 Å². The van der Waals surface area contributed by atoms with Crippen molar-refractivity contribution in [1.29, 1.82) is 0 Å². The summed E-state index contributed by atoms with van der Waals surface area (Å²) < 4.78 is 5.17. The molecule has 0 aromatic carbocycles. The number of amides is 4. The van der Waals surface area contributed by atoms with E-state index in [4.69, 9.17) is 4.74 Å². The molecule has 5 atom stereocenters. The molecule has 4 heterocycles. The van der Waals surface area contributed by atoms with Crippen LogP contribution in [-0.2, 0) is 23.9 Å². The highest BCUT2D eigenvalue weighted by Crippen LogP contribution is 2.46. The number of fused-ring (bicyclic) bond motifs is 2. The Hall–Kier alpha value is -3.61. The molecule has 246 valence electrons. The summed E-state index contributed by atoms with van der Waals surface area (Å²) in [5.74, 6) is -2.02. The fourth-order valence-electron chi connectivity index (χ4n) is 7.90. The predicted molar refractivity (Wildman–Crippen MR) is 163 cm³/mol. The number of rotatable bonds is 8. The number of nitrogens with one attached hydrogen (secondary N) is 2. The van der Waals surface area contributed by atoms with Gasteiger partial charge in [-0.25, -0.2) is 9.78 Å². The number of esters is 1. The van der Waals surface area contributed by atoms with Gasteiger partial charge < -0.3 is 25.2 Å². The summed E-state index contributed by atoms with van der Waals surface area (Å²) in [4.78, 5) is 82.0. The average molecular weight is 626 g/mol. The lowest BCUT2D eigenvalue weighted by Gasteiger charge is -2.40. The number of carbonyl (C=O) groups excluding carboxylic acids is 5. The molecule has 13 heteroatoms. The number of methoxy groups -OCH3 is 1. The smallest absolute Gasteiger partial charge is 0.328 e. The molecule has 0 radical (unpaired) electrons. The highest BCUT2D eigenvalue weighted by molar-refractivity contribution is 5.98. The lowest BCUT2D eigenvalue weighted by molar-refractivity contribution is -0.153. The molecule has 1 aromatic rings. The van der Waals surface area contributed by atoms with Crippen molar-refractivity contribution >= 4 is 29.6 Å². The molecule has 1 saturated carbocycles. The summed E-state index contributed by atoms with van der Waals surface area (Å²) in [6, 6.07) is -3.08. The molecule has 3 aliphatic heterocycles. The lowest BCUT2D eigenvalue weighted by atomic mass is 9.82. The highest BCUT2D eigenvalue weighted by Gasteiger charge is 2.64. The van der Waals surface area contributed by atoms with Crippen LogP contribution in [0.15, 0.2) is 18.6 Å². The van der Waals surface area contributed by atoms with Crippen LogP contribution < -0.4 is 10.6 Å². The van der Waals surface area contributed by atoms with Crippen molar-refractivity contribution in [2.45, 2.75) is 109 Å². The van der Waals surface area contributed by atoms with Crippen molar-refractivity contribution in [3.63, 3.8) is 0 Å². The maximum atomic E-state index is 14.6. The number of likely N-dealkylation sites (N-methyl/N-ethyl adjacent to an activating group) is 1. The standard InChI is InChI=1S/C32H47N7O6/c1-6-38-28(42)22-13-10-16-39(22)32(38)17-23(30(44)45-5)37(19-32)29(43)25(31(2,3)4)36-27(41)24(20-11-8-7-9-12-20)35-26(40)21-18-33-14-15-34-21/h14-15,18,20,22-25H,6-13,16-17,19H2,1-5H3,(H,35,40)(H,36,41)/t22?,23?,24-,25?,32?/m0/s1. The minimum atomic E-state index is -1.02. The van der Waals surface area contributed by atoms with Gasteiger partial charge in [0.05, 0.1) is 25.9 Å². The summed E-state index contributed by atoms with van der Waals surface area (Å²) in [6.07, 6.45) is 10.6. The first-order chi connectivity index (χ1) is 21.4. The maximum absolute atomic E-state index is 14.6. The van der Waals surface area contributed by atoms with Gasteiger partial charge in [0.15, 0.2) is 0 Å². The summed E-state index contributed by atoms with van der Waals surface area (Å²) >= 11 is 0. The molecular weight excluding hydrogens is 578 g/mol. The van der Waals surface area contributed by atoms with Gasteiger partial charge in [0.25, 0.3) is 5.91 Å². The first-order valence-corrected chi connectivity index (χ1v) is 16.3. The normalized spacial score (nSPS) is 26.9. The minimum Gasteiger partial charge on any atom is -0.467 e. The molecule has 1 aromatic heterocycles. The van der Waals surface area contributed by atoms with Crippen molar-refractivity contribution in [1.82, 2.24) is 35.3 Å². The molecule has 4 unspecified atom stereocenters. The molecule has 0 bridgehead atoms. The van der Waals surface area contributed by atoms with Crippen molar-refractivity contribution in [2.24, 2.45) is 11.3 Å².